The fraction of sp³-hybridized carbons (Fsp3) is 0.500. The number of halogens is 1. The Kier molecular flexibility index (Phi) is 6.14. The molecule has 0 saturated heterocycles. The predicted molar refractivity (Wildman–Crippen MR) is 80.3 cm³/mol. The Bertz CT molecular complexity index is 517. The van der Waals surface area contributed by atoms with Gasteiger partial charge in [-0.1, -0.05) is 23.7 Å². The Balaban J connectivity index is 2.74. The third-order valence-corrected chi connectivity index (χ3v) is 5.13. The second-order valence-corrected chi connectivity index (χ2v) is 7.62. The van der Waals surface area contributed by atoms with Gasteiger partial charge in [0.05, 0.1) is 10.6 Å². The van der Waals surface area contributed by atoms with E-state index in [-0.39, 0.29) is 16.5 Å². The van der Waals surface area contributed by atoms with Crippen LogP contribution in [0.4, 0.5) is 0 Å². The summed E-state index contributed by atoms with van der Waals surface area (Å²) in [5.41, 5.74) is -1.07. The number of aliphatic hydroxyl groups is 1. The molecule has 7 heteroatoms. The molecular formula is C12H18ClNO3S2. The van der Waals surface area contributed by atoms with Crippen molar-refractivity contribution in [3.63, 3.8) is 0 Å². The van der Waals surface area contributed by atoms with E-state index in [2.05, 4.69) is 4.72 Å². The van der Waals surface area contributed by atoms with Gasteiger partial charge in [0.25, 0.3) is 0 Å². The summed E-state index contributed by atoms with van der Waals surface area (Å²) in [7, 11) is -3.70. The predicted octanol–water partition coefficient (Wildman–Crippen LogP) is 2.12. The molecule has 2 N–H and O–H groups in total. The lowest BCUT2D eigenvalue weighted by atomic mass is 10.1. The first-order valence-electron chi connectivity index (χ1n) is 5.74. The summed E-state index contributed by atoms with van der Waals surface area (Å²) < 4.78 is 26.5. The Morgan fingerprint density at radius 2 is 2.05 bits per heavy atom. The summed E-state index contributed by atoms with van der Waals surface area (Å²) in [5, 5.41) is 10.2. The van der Waals surface area contributed by atoms with E-state index in [0.29, 0.717) is 6.42 Å². The molecule has 1 rings (SSSR count). The first-order chi connectivity index (χ1) is 8.78. The van der Waals surface area contributed by atoms with Crippen LogP contribution in [0.3, 0.4) is 0 Å². The number of thioether (sulfide) groups is 1. The van der Waals surface area contributed by atoms with Crippen molar-refractivity contribution >= 4 is 33.4 Å². The van der Waals surface area contributed by atoms with Gasteiger partial charge in [-0.25, -0.2) is 13.1 Å². The Labute approximate surface area is 123 Å². The minimum absolute atomic E-state index is 0.0253. The smallest absolute Gasteiger partial charge is 0.242 e. The van der Waals surface area contributed by atoms with Crippen LogP contribution in [0.5, 0.6) is 0 Å². The van der Waals surface area contributed by atoms with E-state index in [1.54, 1.807) is 30.8 Å². The molecule has 4 nitrogen and oxygen atoms in total. The van der Waals surface area contributed by atoms with Gasteiger partial charge in [0.2, 0.25) is 10.0 Å². The van der Waals surface area contributed by atoms with Gasteiger partial charge in [-0.3, -0.25) is 0 Å². The second kappa shape index (κ2) is 6.95. The highest BCUT2D eigenvalue weighted by Crippen LogP contribution is 2.21. The van der Waals surface area contributed by atoms with Gasteiger partial charge in [0.15, 0.2) is 0 Å². The van der Waals surface area contributed by atoms with Gasteiger partial charge >= 0.3 is 0 Å². The molecule has 0 heterocycles. The van der Waals surface area contributed by atoms with Crippen LogP contribution in [0, 0.1) is 0 Å². The van der Waals surface area contributed by atoms with Crippen molar-refractivity contribution in [1.82, 2.24) is 4.72 Å². The van der Waals surface area contributed by atoms with Crippen molar-refractivity contribution in [3.8, 4) is 0 Å². The first kappa shape index (κ1) is 16.8. The van der Waals surface area contributed by atoms with Crippen molar-refractivity contribution in [3.05, 3.63) is 29.3 Å². The maximum Gasteiger partial charge on any atom is 0.242 e. The van der Waals surface area contributed by atoms with Crippen LogP contribution in [-0.4, -0.2) is 37.7 Å². The summed E-state index contributed by atoms with van der Waals surface area (Å²) in [6.45, 7) is 1.57. The van der Waals surface area contributed by atoms with Crippen LogP contribution < -0.4 is 4.72 Å². The van der Waals surface area contributed by atoms with Crippen molar-refractivity contribution in [1.29, 1.82) is 0 Å². The average molecular weight is 324 g/mol. The van der Waals surface area contributed by atoms with Crippen LogP contribution in [-0.2, 0) is 10.0 Å². The number of hydrogen-bond acceptors (Lipinski definition) is 4. The normalized spacial score (nSPS) is 15.2. The number of rotatable bonds is 7. The zero-order valence-electron chi connectivity index (χ0n) is 10.9. The van der Waals surface area contributed by atoms with Crippen molar-refractivity contribution in [2.75, 3.05) is 18.6 Å². The van der Waals surface area contributed by atoms with Gasteiger partial charge in [-0.15, -0.1) is 0 Å². The molecule has 1 aromatic carbocycles. The van der Waals surface area contributed by atoms with Gasteiger partial charge < -0.3 is 5.11 Å². The third kappa shape index (κ3) is 5.31. The van der Waals surface area contributed by atoms with Crippen LogP contribution in [0.1, 0.15) is 13.3 Å². The Hall–Kier alpha value is -0.270. The lowest BCUT2D eigenvalue weighted by molar-refractivity contribution is 0.0626. The zero-order chi connectivity index (χ0) is 14.5. The molecule has 0 spiro atoms. The van der Waals surface area contributed by atoms with Gasteiger partial charge in [-0.05, 0) is 37.5 Å². The minimum Gasteiger partial charge on any atom is -0.389 e. The van der Waals surface area contributed by atoms with Gasteiger partial charge in [-0.2, -0.15) is 11.8 Å². The highest BCUT2D eigenvalue weighted by Gasteiger charge is 2.24. The lowest BCUT2D eigenvalue weighted by Gasteiger charge is -2.23. The quantitative estimate of drug-likeness (QED) is 0.806. The van der Waals surface area contributed by atoms with Crippen molar-refractivity contribution in [2.24, 2.45) is 0 Å². The Morgan fingerprint density at radius 1 is 1.42 bits per heavy atom. The molecule has 0 radical (unpaired) electrons. The van der Waals surface area contributed by atoms with Crippen molar-refractivity contribution in [2.45, 2.75) is 23.8 Å². The highest BCUT2D eigenvalue weighted by molar-refractivity contribution is 7.98. The van der Waals surface area contributed by atoms with Crippen LogP contribution in [0.15, 0.2) is 29.2 Å². The van der Waals surface area contributed by atoms with E-state index in [0.717, 1.165) is 5.75 Å². The lowest BCUT2D eigenvalue weighted by Crippen LogP contribution is -2.41. The molecule has 0 aliphatic carbocycles. The standard InChI is InChI=1S/C12H18ClNO3S2/c1-12(15,7-8-18-2)9-14-19(16,17)11-6-4-3-5-10(11)13/h3-6,14-15H,7-9H2,1-2H3/t12-/m1/s1. The zero-order valence-corrected chi connectivity index (χ0v) is 13.3. The first-order valence-corrected chi connectivity index (χ1v) is 8.99. The van der Waals surface area contributed by atoms with E-state index in [4.69, 9.17) is 11.6 Å². The van der Waals surface area contributed by atoms with Crippen molar-refractivity contribution < 1.29 is 13.5 Å². The summed E-state index contributed by atoms with van der Waals surface area (Å²) in [6, 6.07) is 6.21. The molecule has 0 fully saturated rings. The largest absolute Gasteiger partial charge is 0.389 e. The average Bonchev–Trinajstić information content (AvgIpc) is 2.35. The second-order valence-electron chi connectivity index (χ2n) is 4.49. The molecule has 0 amide bonds. The van der Waals surface area contributed by atoms with Crippen LogP contribution in [0.25, 0.3) is 0 Å². The number of sulfonamides is 1. The maximum atomic E-state index is 12.1. The number of hydrogen-bond donors (Lipinski definition) is 2. The van der Waals surface area contributed by atoms with Crippen LogP contribution in [0.2, 0.25) is 5.02 Å². The number of benzene rings is 1. The third-order valence-electron chi connectivity index (χ3n) is 2.61. The monoisotopic (exact) mass is 323 g/mol. The van der Waals surface area contributed by atoms with Crippen LogP contribution >= 0.6 is 23.4 Å². The summed E-state index contributed by atoms with van der Waals surface area (Å²) >= 11 is 7.46. The van der Waals surface area contributed by atoms with E-state index in [1.165, 1.54) is 12.1 Å². The minimum atomic E-state index is -3.70. The molecule has 0 bridgehead atoms. The maximum absolute atomic E-state index is 12.1. The van der Waals surface area contributed by atoms with E-state index in [1.807, 2.05) is 6.26 Å². The Morgan fingerprint density at radius 3 is 2.63 bits per heavy atom. The molecule has 108 valence electrons. The topological polar surface area (TPSA) is 66.4 Å². The van der Waals surface area contributed by atoms with E-state index < -0.39 is 15.6 Å². The van der Waals surface area contributed by atoms with E-state index in [9.17, 15) is 13.5 Å². The van der Waals surface area contributed by atoms with Gasteiger partial charge in [0.1, 0.15) is 4.90 Å². The number of nitrogens with one attached hydrogen (secondary N) is 1. The summed E-state index contributed by atoms with van der Waals surface area (Å²) in [4.78, 5) is 0.0253. The molecular weight excluding hydrogens is 306 g/mol. The summed E-state index contributed by atoms with van der Waals surface area (Å²) in [6.07, 6.45) is 2.45. The molecule has 0 aromatic heterocycles. The fourth-order valence-electron chi connectivity index (χ4n) is 1.40. The molecule has 19 heavy (non-hydrogen) atoms. The molecule has 0 aliphatic heterocycles. The molecule has 1 atom stereocenters. The molecule has 0 unspecified atom stereocenters. The summed E-state index contributed by atoms with van der Waals surface area (Å²) in [5.74, 6) is 0.765. The molecule has 0 saturated carbocycles. The highest BCUT2D eigenvalue weighted by atomic mass is 35.5. The molecule has 0 aliphatic rings. The molecule has 1 aromatic rings. The SMILES string of the molecule is CSCC[C@@](C)(O)CNS(=O)(=O)c1ccccc1Cl. The van der Waals surface area contributed by atoms with Gasteiger partial charge in [0, 0.05) is 6.54 Å². The fourth-order valence-corrected chi connectivity index (χ4v) is 3.72. The van der Waals surface area contributed by atoms with E-state index >= 15 is 0 Å².